The molecule has 1 heterocycles. The van der Waals surface area contributed by atoms with Gasteiger partial charge in [-0.2, -0.15) is 0 Å². The first kappa shape index (κ1) is 10.1. The summed E-state index contributed by atoms with van der Waals surface area (Å²) in [6, 6.07) is 0.182. The van der Waals surface area contributed by atoms with Crippen LogP contribution >= 0.6 is 0 Å². The molecule has 0 amide bonds. The van der Waals surface area contributed by atoms with E-state index in [1.165, 1.54) is 12.7 Å². The number of nitrogens with zero attached hydrogens (tertiary/aromatic N) is 2. The minimum absolute atomic E-state index is 0.182. The van der Waals surface area contributed by atoms with Gasteiger partial charge in [-0.1, -0.05) is 19.8 Å². The van der Waals surface area contributed by atoms with E-state index in [1.807, 2.05) is 0 Å². The Labute approximate surface area is 78.6 Å². The van der Waals surface area contributed by atoms with Crippen molar-refractivity contribution >= 4 is 0 Å². The van der Waals surface area contributed by atoms with E-state index in [2.05, 4.69) is 22.3 Å². The van der Waals surface area contributed by atoms with Crippen LogP contribution in [-0.2, 0) is 0 Å². The number of hydrazine groups is 1. The van der Waals surface area contributed by atoms with E-state index in [0.717, 1.165) is 18.4 Å². The molecule has 0 radical (unpaired) electrons. The van der Waals surface area contributed by atoms with Crippen LogP contribution in [0.3, 0.4) is 0 Å². The highest BCUT2D eigenvalue weighted by molar-refractivity contribution is 5.08. The smallest absolute Gasteiger partial charge is 0.115 e. The van der Waals surface area contributed by atoms with Crippen LogP contribution in [0.4, 0.5) is 0 Å². The molecule has 0 aromatic carbocycles. The van der Waals surface area contributed by atoms with E-state index in [1.54, 1.807) is 12.4 Å². The van der Waals surface area contributed by atoms with Crippen molar-refractivity contribution in [2.75, 3.05) is 0 Å². The summed E-state index contributed by atoms with van der Waals surface area (Å²) in [4.78, 5) is 7.91. The minimum Gasteiger partial charge on any atom is -0.271 e. The third-order valence-electron chi connectivity index (χ3n) is 2.03. The van der Waals surface area contributed by atoms with Gasteiger partial charge in [0.15, 0.2) is 0 Å². The lowest BCUT2D eigenvalue weighted by Gasteiger charge is -2.14. The number of unbranched alkanes of at least 4 members (excludes halogenated alkanes) is 1. The van der Waals surface area contributed by atoms with Crippen molar-refractivity contribution in [3.05, 3.63) is 24.3 Å². The van der Waals surface area contributed by atoms with E-state index < -0.39 is 0 Å². The quantitative estimate of drug-likeness (QED) is 0.527. The van der Waals surface area contributed by atoms with Gasteiger partial charge in [-0.05, 0) is 6.42 Å². The number of hydrogen-bond donors (Lipinski definition) is 2. The van der Waals surface area contributed by atoms with Crippen molar-refractivity contribution in [1.82, 2.24) is 15.4 Å². The summed E-state index contributed by atoms with van der Waals surface area (Å²) in [6.07, 6.45) is 8.48. The van der Waals surface area contributed by atoms with Crippen LogP contribution in [0.1, 0.15) is 37.8 Å². The Morgan fingerprint density at radius 1 is 1.46 bits per heavy atom. The number of nitrogens with two attached hydrogens (primary N) is 1. The lowest BCUT2D eigenvalue weighted by molar-refractivity contribution is 0.492. The van der Waals surface area contributed by atoms with Crippen LogP contribution in [0, 0.1) is 0 Å². The molecule has 0 fully saturated rings. The SMILES string of the molecule is CCCCC(NN)c1cncnc1. The molecular formula is C9H16N4. The molecule has 0 aliphatic rings. The molecule has 1 aromatic heterocycles. The van der Waals surface area contributed by atoms with Gasteiger partial charge in [0.1, 0.15) is 6.33 Å². The molecule has 1 rings (SSSR count). The van der Waals surface area contributed by atoms with Crippen LogP contribution in [0.15, 0.2) is 18.7 Å². The van der Waals surface area contributed by atoms with Crippen molar-refractivity contribution in [3.63, 3.8) is 0 Å². The zero-order chi connectivity index (χ0) is 9.52. The standard InChI is InChI=1S/C9H16N4/c1-2-3-4-9(13-10)8-5-11-7-12-6-8/h5-7,9,13H,2-4,10H2,1H3. The summed E-state index contributed by atoms with van der Waals surface area (Å²) in [5, 5.41) is 0. The van der Waals surface area contributed by atoms with Gasteiger partial charge in [0.25, 0.3) is 0 Å². The summed E-state index contributed by atoms with van der Waals surface area (Å²) in [5.74, 6) is 5.44. The summed E-state index contributed by atoms with van der Waals surface area (Å²) in [6.45, 7) is 2.16. The molecule has 0 aliphatic heterocycles. The molecule has 0 saturated carbocycles. The zero-order valence-electron chi connectivity index (χ0n) is 7.90. The van der Waals surface area contributed by atoms with Crippen LogP contribution in [0.2, 0.25) is 0 Å². The summed E-state index contributed by atoms with van der Waals surface area (Å²) >= 11 is 0. The van der Waals surface area contributed by atoms with Crippen LogP contribution < -0.4 is 11.3 Å². The molecule has 13 heavy (non-hydrogen) atoms. The number of aromatic nitrogens is 2. The van der Waals surface area contributed by atoms with Gasteiger partial charge in [0.2, 0.25) is 0 Å². The van der Waals surface area contributed by atoms with Crippen molar-refractivity contribution in [2.45, 2.75) is 32.2 Å². The van der Waals surface area contributed by atoms with E-state index >= 15 is 0 Å². The fraction of sp³-hybridized carbons (Fsp3) is 0.556. The molecule has 1 atom stereocenters. The predicted molar refractivity (Wildman–Crippen MR) is 51.6 cm³/mol. The van der Waals surface area contributed by atoms with Crippen molar-refractivity contribution in [2.24, 2.45) is 5.84 Å². The predicted octanol–water partition coefficient (Wildman–Crippen LogP) is 1.17. The van der Waals surface area contributed by atoms with Crippen LogP contribution in [0.5, 0.6) is 0 Å². The Hall–Kier alpha value is -1.00. The highest BCUT2D eigenvalue weighted by Gasteiger charge is 2.08. The first-order valence-corrected chi connectivity index (χ1v) is 4.59. The molecule has 4 nitrogen and oxygen atoms in total. The Morgan fingerprint density at radius 3 is 2.69 bits per heavy atom. The maximum absolute atomic E-state index is 5.44. The fourth-order valence-corrected chi connectivity index (χ4v) is 1.25. The summed E-state index contributed by atoms with van der Waals surface area (Å²) in [5.41, 5.74) is 3.83. The third-order valence-corrected chi connectivity index (χ3v) is 2.03. The number of rotatable bonds is 5. The molecule has 0 bridgehead atoms. The minimum atomic E-state index is 0.182. The third kappa shape index (κ3) is 3.08. The Kier molecular flexibility index (Phi) is 4.35. The maximum atomic E-state index is 5.44. The van der Waals surface area contributed by atoms with Crippen LogP contribution in [0.25, 0.3) is 0 Å². The molecular weight excluding hydrogens is 164 g/mol. The van der Waals surface area contributed by atoms with E-state index in [4.69, 9.17) is 5.84 Å². The Bertz CT molecular complexity index is 224. The van der Waals surface area contributed by atoms with Crippen molar-refractivity contribution < 1.29 is 0 Å². The van der Waals surface area contributed by atoms with Gasteiger partial charge in [-0.15, -0.1) is 0 Å². The molecule has 0 saturated heterocycles. The van der Waals surface area contributed by atoms with Gasteiger partial charge in [0, 0.05) is 24.0 Å². The summed E-state index contributed by atoms with van der Waals surface area (Å²) in [7, 11) is 0. The maximum Gasteiger partial charge on any atom is 0.115 e. The van der Waals surface area contributed by atoms with Gasteiger partial charge in [-0.25, -0.2) is 9.97 Å². The monoisotopic (exact) mass is 180 g/mol. The number of hydrogen-bond acceptors (Lipinski definition) is 4. The van der Waals surface area contributed by atoms with Gasteiger partial charge >= 0.3 is 0 Å². The molecule has 1 aromatic rings. The number of nitrogens with one attached hydrogen (secondary N) is 1. The van der Waals surface area contributed by atoms with Crippen molar-refractivity contribution in [1.29, 1.82) is 0 Å². The van der Waals surface area contributed by atoms with Crippen molar-refractivity contribution in [3.8, 4) is 0 Å². The molecule has 4 heteroatoms. The lowest BCUT2D eigenvalue weighted by atomic mass is 10.1. The first-order chi connectivity index (χ1) is 6.38. The van der Waals surface area contributed by atoms with E-state index in [9.17, 15) is 0 Å². The normalized spacial score (nSPS) is 12.8. The second-order valence-electron chi connectivity index (χ2n) is 3.03. The van der Waals surface area contributed by atoms with E-state index in [-0.39, 0.29) is 6.04 Å². The average molecular weight is 180 g/mol. The zero-order valence-corrected chi connectivity index (χ0v) is 7.90. The highest BCUT2D eigenvalue weighted by Crippen LogP contribution is 2.15. The van der Waals surface area contributed by atoms with Gasteiger partial charge in [0.05, 0.1) is 0 Å². The second kappa shape index (κ2) is 5.61. The van der Waals surface area contributed by atoms with Gasteiger partial charge in [-0.3, -0.25) is 11.3 Å². The molecule has 0 aliphatic carbocycles. The highest BCUT2D eigenvalue weighted by atomic mass is 15.2. The lowest BCUT2D eigenvalue weighted by Crippen LogP contribution is -2.28. The molecule has 72 valence electrons. The topological polar surface area (TPSA) is 63.8 Å². The average Bonchev–Trinajstić information content (AvgIpc) is 2.21. The van der Waals surface area contributed by atoms with E-state index in [0.29, 0.717) is 0 Å². The Balaban J connectivity index is 2.56. The first-order valence-electron chi connectivity index (χ1n) is 4.59. The molecule has 0 spiro atoms. The van der Waals surface area contributed by atoms with Crippen LogP contribution in [-0.4, -0.2) is 9.97 Å². The fourth-order valence-electron chi connectivity index (χ4n) is 1.25. The Morgan fingerprint density at radius 2 is 2.15 bits per heavy atom. The molecule has 3 N–H and O–H groups in total. The molecule has 1 unspecified atom stereocenters. The summed E-state index contributed by atoms with van der Waals surface area (Å²) < 4.78 is 0. The second-order valence-corrected chi connectivity index (χ2v) is 3.03. The van der Waals surface area contributed by atoms with Gasteiger partial charge < -0.3 is 0 Å². The largest absolute Gasteiger partial charge is 0.271 e.